The molecule has 0 fully saturated rings. The monoisotopic (exact) mass is 225 g/mol. The van der Waals surface area contributed by atoms with E-state index in [4.69, 9.17) is 10.5 Å². The number of ether oxygens (including phenoxy) is 1. The van der Waals surface area contributed by atoms with E-state index in [0.717, 1.165) is 28.5 Å². The van der Waals surface area contributed by atoms with Crippen molar-refractivity contribution < 1.29 is 4.74 Å². The van der Waals surface area contributed by atoms with Gasteiger partial charge in [-0.15, -0.1) is 11.8 Å². The van der Waals surface area contributed by atoms with Crippen LogP contribution in [0.2, 0.25) is 0 Å². The second-order valence-corrected chi connectivity index (χ2v) is 4.82. The Morgan fingerprint density at radius 2 is 2.13 bits per heavy atom. The van der Waals surface area contributed by atoms with Crippen LogP contribution < -0.4 is 10.5 Å². The van der Waals surface area contributed by atoms with Crippen molar-refractivity contribution in [1.29, 1.82) is 0 Å². The van der Waals surface area contributed by atoms with Gasteiger partial charge in [0, 0.05) is 4.90 Å². The maximum atomic E-state index is 6.03. The summed E-state index contributed by atoms with van der Waals surface area (Å²) in [6.45, 7) is 6.17. The van der Waals surface area contributed by atoms with Crippen molar-refractivity contribution >= 4 is 17.4 Å². The first-order chi connectivity index (χ1) is 7.15. The Bertz CT molecular complexity index is 312. The lowest BCUT2D eigenvalue weighted by atomic mass is 10.3. The summed E-state index contributed by atoms with van der Waals surface area (Å²) in [4.78, 5) is 1.12. The highest BCUT2D eigenvalue weighted by Gasteiger charge is 2.07. The fourth-order valence-corrected chi connectivity index (χ4v) is 2.07. The molecule has 0 aromatic heterocycles. The number of thioether (sulfide) groups is 1. The van der Waals surface area contributed by atoms with Crippen LogP contribution in [0.4, 0.5) is 5.69 Å². The van der Waals surface area contributed by atoms with E-state index in [1.807, 2.05) is 32.0 Å². The number of benzene rings is 1. The van der Waals surface area contributed by atoms with Crippen molar-refractivity contribution in [2.24, 2.45) is 0 Å². The Labute approximate surface area is 96.2 Å². The van der Waals surface area contributed by atoms with Crippen LogP contribution in [0.5, 0.6) is 5.75 Å². The number of para-hydroxylation sites is 1. The predicted octanol–water partition coefficient (Wildman–Crippen LogP) is 3.56. The number of hydrogen-bond acceptors (Lipinski definition) is 3. The maximum absolute atomic E-state index is 6.03. The molecule has 0 radical (unpaired) electrons. The lowest BCUT2D eigenvalue weighted by Gasteiger charge is -2.14. The third-order valence-electron chi connectivity index (χ3n) is 1.85. The van der Waals surface area contributed by atoms with E-state index in [0.29, 0.717) is 0 Å². The molecule has 0 spiro atoms. The van der Waals surface area contributed by atoms with Crippen LogP contribution in [0.25, 0.3) is 0 Å². The van der Waals surface area contributed by atoms with Gasteiger partial charge in [-0.3, -0.25) is 0 Å². The summed E-state index contributed by atoms with van der Waals surface area (Å²) < 4.78 is 5.63. The quantitative estimate of drug-likeness (QED) is 0.614. The summed E-state index contributed by atoms with van der Waals surface area (Å²) in [7, 11) is 0. The van der Waals surface area contributed by atoms with Gasteiger partial charge in [0.15, 0.2) is 0 Å². The first-order valence-corrected chi connectivity index (χ1v) is 6.31. The summed E-state index contributed by atoms with van der Waals surface area (Å²) in [5, 5.41) is 0. The molecule has 0 aliphatic rings. The van der Waals surface area contributed by atoms with Gasteiger partial charge in [0.1, 0.15) is 5.75 Å². The van der Waals surface area contributed by atoms with Crippen molar-refractivity contribution in [3.63, 3.8) is 0 Å². The molecular formula is C12H19NOS. The molecule has 0 aliphatic heterocycles. The van der Waals surface area contributed by atoms with Crippen LogP contribution in [-0.2, 0) is 0 Å². The molecule has 15 heavy (non-hydrogen) atoms. The van der Waals surface area contributed by atoms with Gasteiger partial charge in [-0.25, -0.2) is 0 Å². The zero-order chi connectivity index (χ0) is 11.3. The van der Waals surface area contributed by atoms with Crippen LogP contribution in [0.15, 0.2) is 23.1 Å². The molecule has 0 amide bonds. The highest BCUT2D eigenvalue weighted by atomic mass is 32.2. The van der Waals surface area contributed by atoms with Crippen LogP contribution in [-0.4, -0.2) is 11.9 Å². The molecule has 0 aliphatic carbocycles. The number of anilines is 1. The molecule has 84 valence electrons. The van der Waals surface area contributed by atoms with E-state index in [-0.39, 0.29) is 6.10 Å². The summed E-state index contributed by atoms with van der Waals surface area (Å²) in [6.07, 6.45) is 1.32. The third kappa shape index (κ3) is 3.67. The van der Waals surface area contributed by atoms with Gasteiger partial charge < -0.3 is 10.5 Å². The van der Waals surface area contributed by atoms with Crippen molar-refractivity contribution in [2.75, 3.05) is 11.5 Å². The molecule has 2 N–H and O–H groups in total. The third-order valence-corrected chi connectivity index (χ3v) is 3.13. The van der Waals surface area contributed by atoms with E-state index in [9.17, 15) is 0 Å². The molecule has 0 saturated carbocycles. The predicted molar refractivity (Wildman–Crippen MR) is 67.6 cm³/mol. The van der Waals surface area contributed by atoms with E-state index in [2.05, 4.69) is 6.92 Å². The number of nitrogen functional groups attached to an aromatic ring is 1. The first kappa shape index (κ1) is 12.2. The molecule has 0 heterocycles. The molecule has 3 heteroatoms. The second-order valence-electron chi connectivity index (χ2n) is 3.68. The van der Waals surface area contributed by atoms with Gasteiger partial charge in [-0.1, -0.05) is 13.0 Å². The minimum Gasteiger partial charge on any atom is -0.489 e. The van der Waals surface area contributed by atoms with E-state index in [1.54, 1.807) is 11.8 Å². The van der Waals surface area contributed by atoms with Gasteiger partial charge in [0.2, 0.25) is 0 Å². The molecule has 0 atom stereocenters. The Morgan fingerprint density at radius 1 is 1.40 bits per heavy atom. The van der Waals surface area contributed by atoms with Crippen LogP contribution in [0, 0.1) is 0 Å². The van der Waals surface area contributed by atoms with Gasteiger partial charge in [0.05, 0.1) is 11.8 Å². The topological polar surface area (TPSA) is 35.2 Å². The van der Waals surface area contributed by atoms with Crippen molar-refractivity contribution in [3.8, 4) is 5.75 Å². The average molecular weight is 225 g/mol. The highest BCUT2D eigenvalue weighted by Crippen LogP contribution is 2.33. The second kappa shape index (κ2) is 5.91. The average Bonchev–Trinajstić information content (AvgIpc) is 2.19. The molecule has 1 rings (SSSR count). The zero-order valence-corrected chi connectivity index (χ0v) is 10.4. The van der Waals surface area contributed by atoms with E-state index >= 15 is 0 Å². The zero-order valence-electron chi connectivity index (χ0n) is 9.62. The molecule has 2 nitrogen and oxygen atoms in total. The Balaban J connectivity index is 2.80. The summed E-state index contributed by atoms with van der Waals surface area (Å²) >= 11 is 1.78. The minimum atomic E-state index is 0.165. The molecule has 1 aromatic carbocycles. The largest absolute Gasteiger partial charge is 0.489 e. The summed E-state index contributed by atoms with van der Waals surface area (Å²) in [5.74, 6) is 1.89. The Kier molecular flexibility index (Phi) is 4.82. The smallest absolute Gasteiger partial charge is 0.143 e. The Morgan fingerprint density at radius 3 is 2.73 bits per heavy atom. The first-order valence-electron chi connectivity index (χ1n) is 5.33. The van der Waals surface area contributed by atoms with E-state index in [1.165, 1.54) is 0 Å². The number of nitrogens with two attached hydrogens (primary N) is 1. The standard InChI is InChI=1S/C12H19NOS/c1-4-8-15-11-7-5-6-10(12(11)13)14-9(2)3/h5-7,9H,4,8,13H2,1-3H3. The molecular weight excluding hydrogens is 206 g/mol. The molecule has 0 unspecified atom stereocenters. The molecule has 0 saturated heterocycles. The fraction of sp³-hybridized carbons (Fsp3) is 0.500. The van der Waals surface area contributed by atoms with Gasteiger partial charge >= 0.3 is 0 Å². The Hall–Kier alpha value is -0.830. The lowest BCUT2D eigenvalue weighted by Crippen LogP contribution is -2.07. The maximum Gasteiger partial charge on any atom is 0.143 e. The summed E-state index contributed by atoms with van der Waals surface area (Å²) in [6, 6.07) is 5.96. The normalized spacial score (nSPS) is 10.7. The lowest BCUT2D eigenvalue weighted by molar-refractivity contribution is 0.243. The van der Waals surface area contributed by atoms with Crippen molar-refractivity contribution in [1.82, 2.24) is 0 Å². The minimum absolute atomic E-state index is 0.165. The SMILES string of the molecule is CCCSc1cccc(OC(C)C)c1N. The van der Waals surface area contributed by atoms with Crippen molar-refractivity contribution in [3.05, 3.63) is 18.2 Å². The summed E-state index contributed by atoms with van der Waals surface area (Å²) in [5.41, 5.74) is 6.79. The van der Waals surface area contributed by atoms with Gasteiger partial charge in [-0.05, 0) is 38.2 Å². The van der Waals surface area contributed by atoms with Crippen LogP contribution >= 0.6 is 11.8 Å². The molecule has 1 aromatic rings. The van der Waals surface area contributed by atoms with Gasteiger partial charge in [0.25, 0.3) is 0 Å². The van der Waals surface area contributed by atoms with Crippen molar-refractivity contribution in [2.45, 2.75) is 38.2 Å². The number of rotatable bonds is 5. The van der Waals surface area contributed by atoms with Gasteiger partial charge in [-0.2, -0.15) is 0 Å². The van der Waals surface area contributed by atoms with E-state index < -0.39 is 0 Å². The highest BCUT2D eigenvalue weighted by molar-refractivity contribution is 7.99. The van der Waals surface area contributed by atoms with Crippen LogP contribution in [0.1, 0.15) is 27.2 Å². The van der Waals surface area contributed by atoms with Crippen LogP contribution in [0.3, 0.4) is 0 Å². The fourth-order valence-electron chi connectivity index (χ4n) is 1.22. The molecule has 0 bridgehead atoms. The number of hydrogen-bond donors (Lipinski definition) is 1.